The number of carbonyl (C=O) groups excluding carboxylic acids is 1. The van der Waals surface area contributed by atoms with Crippen molar-refractivity contribution in [2.24, 2.45) is 5.73 Å². The molecule has 2 aromatic carbocycles. The Labute approximate surface area is 171 Å². The molecule has 0 aliphatic heterocycles. The number of benzene rings is 2. The Hall–Kier alpha value is -3.76. The minimum atomic E-state index is -5.02. The number of aromatic nitrogens is 2. The molecular weight excluding hydrogens is 423 g/mol. The number of nitrogens with two attached hydrogens (primary N) is 2. The molecule has 31 heavy (non-hydrogen) atoms. The lowest BCUT2D eigenvalue weighted by atomic mass is 9.90. The molecule has 0 fully saturated rings. The Kier molecular flexibility index (Phi) is 5.53. The largest absolute Gasteiger partial charge is 0.419 e. The number of carbonyl (C=O) groups is 1. The third-order valence-corrected chi connectivity index (χ3v) is 4.64. The van der Waals surface area contributed by atoms with Crippen molar-refractivity contribution in [3.63, 3.8) is 0 Å². The van der Waals surface area contributed by atoms with Gasteiger partial charge in [0.05, 0.1) is 5.56 Å². The van der Waals surface area contributed by atoms with Crippen molar-refractivity contribution < 1.29 is 26.7 Å². The fraction of sp³-hybridized carbons (Fsp3) is 0.150. The predicted molar refractivity (Wildman–Crippen MR) is 102 cm³/mol. The van der Waals surface area contributed by atoms with Crippen LogP contribution in [0.4, 0.5) is 27.6 Å². The minimum Gasteiger partial charge on any atom is -0.399 e. The second-order valence-electron chi connectivity index (χ2n) is 6.71. The number of rotatable bonds is 4. The number of nitrogen functional groups attached to an aromatic ring is 1. The van der Waals surface area contributed by atoms with Crippen molar-refractivity contribution in [3.8, 4) is 5.69 Å². The summed E-state index contributed by atoms with van der Waals surface area (Å²) in [6, 6.07) is 7.33. The first kappa shape index (κ1) is 21.9. The molecule has 162 valence electrons. The van der Waals surface area contributed by atoms with E-state index in [1.54, 1.807) is 0 Å². The number of amides is 1. The summed E-state index contributed by atoms with van der Waals surface area (Å²) in [6.07, 6.45) is -5.02. The molecule has 3 rings (SSSR count). The molecule has 0 radical (unpaired) electrons. The summed E-state index contributed by atoms with van der Waals surface area (Å²) < 4.78 is 68.8. The van der Waals surface area contributed by atoms with E-state index in [0.717, 1.165) is 18.2 Å². The first-order valence-corrected chi connectivity index (χ1v) is 8.77. The fourth-order valence-electron chi connectivity index (χ4n) is 3.15. The highest BCUT2D eigenvalue weighted by Gasteiger charge is 2.36. The van der Waals surface area contributed by atoms with Crippen molar-refractivity contribution >= 4 is 11.6 Å². The third-order valence-electron chi connectivity index (χ3n) is 4.64. The van der Waals surface area contributed by atoms with Gasteiger partial charge in [-0.05, 0) is 35.4 Å². The molecule has 11 heteroatoms. The van der Waals surface area contributed by atoms with Gasteiger partial charge in [-0.2, -0.15) is 23.0 Å². The standard InChI is InChI=1S/C20H15F5N4O2/c1-9(11-6-10(26)7-13(17(11)22)20(23,24)25)12-8-16(30)29(28-18(12)19(27)31)15-5-3-2-4-14(15)21/h2-9H,26H2,1H3,(H2,27,31)/t9-/m0/s1. The zero-order chi connectivity index (χ0) is 23.1. The Bertz CT molecular complexity index is 1240. The van der Waals surface area contributed by atoms with E-state index >= 15 is 0 Å². The average molecular weight is 438 g/mol. The average Bonchev–Trinajstić information content (AvgIpc) is 2.68. The zero-order valence-corrected chi connectivity index (χ0v) is 15.9. The highest BCUT2D eigenvalue weighted by atomic mass is 19.4. The van der Waals surface area contributed by atoms with Crippen LogP contribution in [0.1, 0.15) is 40.0 Å². The third kappa shape index (κ3) is 4.11. The molecule has 6 nitrogen and oxygen atoms in total. The van der Waals surface area contributed by atoms with Crippen LogP contribution in [-0.4, -0.2) is 15.7 Å². The lowest BCUT2D eigenvalue weighted by molar-refractivity contribution is -0.140. The monoisotopic (exact) mass is 438 g/mol. The van der Waals surface area contributed by atoms with Gasteiger partial charge in [0, 0.05) is 17.7 Å². The van der Waals surface area contributed by atoms with Crippen molar-refractivity contribution in [2.45, 2.75) is 19.0 Å². The lowest BCUT2D eigenvalue weighted by Gasteiger charge is -2.19. The molecule has 1 heterocycles. The van der Waals surface area contributed by atoms with E-state index < -0.39 is 52.0 Å². The van der Waals surface area contributed by atoms with Crippen LogP contribution in [0, 0.1) is 11.6 Å². The Balaban J connectivity index is 2.24. The predicted octanol–water partition coefficient (Wildman–Crippen LogP) is 3.36. The van der Waals surface area contributed by atoms with Gasteiger partial charge in [0.1, 0.15) is 17.3 Å². The van der Waals surface area contributed by atoms with Crippen LogP contribution in [0.15, 0.2) is 47.3 Å². The van der Waals surface area contributed by atoms with E-state index in [1.807, 2.05) is 0 Å². The molecule has 0 bridgehead atoms. The minimum absolute atomic E-state index is 0.234. The summed E-state index contributed by atoms with van der Waals surface area (Å²) in [5.41, 5.74) is 6.40. The van der Waals surface area contributed by atoms with E-state index in [1.165, 1.54) is 25.1 Å². The second kappa shape index (κ2) is 7.82. The summed E-state index contributed by atoms with van der Waals surface area (Å²) in [7, 11) is 0. The van der Waals surface area contributed by atoms with Crippen LogP contribution in [0.25, 0.3) is 5.69 Å². The molecule has 1 atom stereocenters. The normalized spacial score (nSPS) is 12.6. The van der Waals surface area contributed by atoms with E-state index in [9.17, 15) is 31.5 Å². The van der Waals surface area contributed by atoms with Crippen LogP contribution in [0.2, 0.25) is 0 Å². The molecule has 1 amide bonds. The maximum Gasteiger partial charge on any atom is 0.419 e. The molecule has 0 aliphatic carbocycles. The Morgan fingerprint density at radius 3 is 2.32 bits per heavy atom. The number of primary amides is 1. The SMILES string of the molecule is C[C@H](c1cc(=O)n(-c2ccccc2F)nc1C(N)=O)c1cc(N)cc(C(F)(F)F)c1F. The van der Waals surface area contributed by atoms with Crippen LogP contribution in [0.5, 0.6) is 0 Å². The van der Waals surface area contributed by atoms with Gasteiger partial charge in [-0.15, -0.1) is 0 Å². The van der Waals surface area contributed by atoms with Crippen LogP contribution in [-0.2, 0) is 6.18 Å². The molecule has 0 unspecified atom stereocenters. The van der Waals surface area contributed by atoms with Crippen LogP contribution in [0.3, 0.4) is 0 Å². The topological polar surface area (TPSA) is 104 Å². The molecule has 1 aromatic heterocycles. The molecule has 0 saturated carbocycles. The Morgan fingerprint density at radius 1 is 1.10 bits per heavy atom. The van der Waals surface area contributed by atoms with E-state index in [2.05, 4.69) is 5.10 Å². The van der Waals surface area contributed by atoms with E-state index in [4.69, 9.17) is 11.5 Å². The van der Waals surface area contributed by atoms with Gasteiger partial charge >= 0.3 is 6.18 Å². The number of halogens is 5. The molecule has 0 spiro atoms. The molecule has 3 aromatic rings. The van der Waals surface area contributed by atoms with Gasteiger partial charge in [0.2, 0.25) is 0 Å². The zero-order valence-electron chi connectivity index (χ0n) is 15.9. The number of hydrogen-bond acceptors (Lipinski definition) is 4. The number of alkyl halides is 3. The summed E-state index contributed by atoms with van der Waals surface area (Å²) in [5.74, 6) is -4.83. The van der Waals surface area contributed by atoms with Gasteiger partial charge in [0.15, 0.2) is 5.69 Å². The second-order valence-corrected chi connectivity index (χ2v) is 6.71. The van der Waals surface area contributed by atoms with Crippen molar-refractivity contribution in [2.75, 3.05) is 5.73 Å². The van der Waals surface area contributed by atoms with Gasteiger partial charge in [0.25, 0.3) is 11.5 Å². The number of nitrogens with zero attached hydrogens (tertiary/aromatic N) is 2. The van der Waals surface area contributed by atoms with E-state index in [0.29, 0.717) is 10.7 Å². The number of para-hydroxylation sites is 1. The summed E-state index contributed by atoms with van der Waals surface area (Å²) in [4.78, 5) is 24.5. The summed E-state index contributed by atoms with van der Waals surface area (Å²) >= 11 is 0. The summed E-state index contributed by atoms with van der Waals surface area (Å²) in [6.45, 7) is 1.26. The van der Waals surface area contributed by atoms with Gasteiger partial charge < -0.3 is 11.5 Å². The highest BCUT2D eigenvalue weighted by Crippen LogP contribution is 2.38. The Morgan fingerprint density at radius 2 is 1.74 bits per heavy atom. The number of anilines is 1. The van der Waals surface area contributed by atoms with Crippen molar-refractivity contribution in [3.05, 3.63) is 86.8 Å². The van der Waals surface area contributed by atoms with Crippen molar-refractivity contribution in [1.82, 2.24) is 9.78 Å². The maximum absolute atomic E-state index is 14.7. The van der Waals surface area contributed by atoms with E-state index in [-0.39, 0.29) is 16.9 Å². The van der Waals surface area contributed by atoms with Crippen LogP contribution < -0.4 is 17.0 Å². The van der Waals surface area contributed by atoms with Gasteiger partial charge in [-0.1, -0.05) is 19.1 Å². The number of hydrogen-bond donors (Lipinski definition) is 2. The van der Waals surface area contributed by atoms with Gasteiger partial charge in [-0.3, -0.25) is 9.59 Å². The highest BCUT2D eigenvalue weighted by molar-refractivity contribution is 5.92. The first-order chi connectivity index (χ1) is 14.4. The van der Waals surface area contributed by atoms with Gasteiger partial charge in [-0.25, -0.2) is 8.78 Å². The molecule has 4 N–H and O–H groups in total. The molecular formula is C20H15F5N4O2. The quantitative estimate of drug-likeness (QED) is 0.482. The first-order valence-electron chi connectivity index (χ1n) is 8.77. The van der Waals surface area contributed by atoms with Crippen LogP contribution >= 0.6 is 0 Å². The van der Waals surface area contributed by atoms with Crippen molar-refractivity contribution in [1.29, 1.82) is 0 Å². The fourth-order valence-corrected chi connectivity index (χ4v) is 3.15. The smallest absolute Gasteiger partial charge is 0.399 e. The summed E-state index contributed by atoms with van der Waals surface area (Å²) in [5, 5.41) is 3.79. The molecule has 0 saturated heterocycles. The maximum atomic E-state index is 14.7. The molecule has 0 aliphatic rings. The lowest BCUT2D eigenvalue weighted by Crippen LogP contribution is -2.29.